The van der Waals surface area contributed by atoms with E-state index in [9.17, 15) is 9.59 Å². The van der Waals surface area contributed by atoms with Crippen molar-refractivity contribution in [1.29, 1.82) is 0 Å². The molecular formula is C19H26N2O4. The minimum atomic E-state index is -0.721. The molecule has 1 amide bonds. The van der Waals surface area contributed by atoms with Gasteiger partial charge in [0.15, 0.2) is 0 Å². The molecule has 3 rings (SSSR count). The Morgan fingerprint density at radius 3 is 2.80 bits per heavy atom. The Bertz CT molecular complexity index is 634. The van der Waals surface area contributed by atoms with Crippen LogP contribution >= 0.6 is 0 Å². The Morgan fingerprint density at radius 1 is 1.28 bits per heavy atom. The largest absolute Gasteiger partial charge is 0.475 e. The monoisotopic (exact) mass is 346 g/mol. The van der Waals surface area contributed by atoms with Gasteiger partial charge in [-0.2, -0.15) is 0 Å². The first-order valence-electron chi connectivity index (χ1n) is 8.96. The zero-order valence-corrected chi connectivity index (χ0v) is 14.9. The molecule has 0 spiro atoms. The topological polar surface area (TPSA) is 67.9 Å². The van der Waals surface area contributed by atoms with E-state index in [2.05, 4.69) is 12.2 Å². The number of ether oxygens (including phenoxy) is 2. The fourth-order valence-corrected chi connectivity index (χ4v) is 3.67. The number of rotatable bonds is 4. The Morgan fingerprint density at radius 2 is 2.04 bits per heavy atom. The third-order valence-corrected chi connectivity index (χ3v) is 5.12. The molecule has 0 unspecified atom stereocenters. The molecule has 1 heterocycles. The normalized spacial score (nSPS) is 25.5. The first-order chi connectivity index (χ1) is 12.1. The molecule has 0 aromatic heterocycles. The van der Waals surface area contributed by atoms with E-state index in [0.29, 0.717) is 18.2 Å². The molecule has 0 bridgehead atoms. The van der Waals surface area contributed by atoms with E-state index >= 15 is 0 Å². The summed E-state index contributed by atoms with van der Waals surface area (Å²) in [6.07, 6.45) is 3.89. The maximum Gasteiger partial charge on any atom is 0.348 e. The van der Waals surface area contributed by atoms with Gasteiger partial charge in [0.05, 0.1) is 25.9 Å². The quantitative estimate of drug-likeness (QED) is 0.846. The zero-order valence-electron chi connectivity index (χ0n) is 14.9. The van der Waals surface area contributed by atoms with E-state index in [0.717, 1.165) is 18.5 Å². The molecule has 136 valence electrons. The van der Waals surface area contributed by atoms with Crippen LogP contribution < -0.4 is 15.0 Å². The highest BCUT2D eigenvalue weighted by Crippen LogP contribution is 2.33. The van der Waals surface area contributed by atoms with Gasteiger partial charge in [0, 0.05) is 6.04 Å². The lowest BCUT2D eigenvalue weighted by molar-refractivity contribution is -0.148. The zero-order chi connectivity index (χ0) is 17.8. The number of carbonyl (C=O) groups excluding carboxylic acids is 2. The van der Waals surface area contributed by atoms with Gasteiger partial charge >= 0.3 is 5.97 Å². The average Bonchev–Trinajstić information content (AvgIpc) is 2.62. The fraction of sp³-hybridized carbons (Fsp3) is 0.579. The minimum Gasteiger partial charge on any atom is -0.475 e. The van der Waals surface area contributed by atoms with Crippen LogP contribution in [0.25, 0.3) is 0 Å². The van der Waals surface area contributed by atoms with Crippen molar-refractivity contribution >= 4 is 17.6 Å². The van der Waals surface area contributed by atoms with Gasteiger partial charge in [0.1, 0.15) is 5.75 Å². The highest BCUT2D eigenvalue weighted by Gasteiger charge is 2.32. The van der Waals surface area contributed by atoms with Crippen LogP contribution in [0.3, 0.4) is 0 Å². The number of fused-ring (bicyclic) bond motifs is 1. The van der Waals surface area contributed by atoms with Gasteiger partial charge in [0.25, 0.3) is 0 Å². The highest BCUT2D eigenvalue weighted by molar-refractivity contribution is 5.84. The van der Waals surface area contributed by atoms with Crippen LogP contribution in [0, 0.1) is 5.92 Å². The molecule has 1 aliphatic carbocycles. The SMILES string of the molecule is COC(=O)[C@H]1CN(CC(=O)N[C@@H]2CCCC[C@H]2C)c2ccccc2O1. The number of hydrogen-bond acceptors (Lipinski definition) is 5. The molecule has 1 N–H and O–H groups in total. The van der Waals surface area contributed by atoms with Gasteiger partial charge in [0.2, 0.25) is 12.0 Å². The van der Waals surface area contributed by atoms with Crippen molar-refractivity contribution in [3.8, 4) is 5.75 Å². The predicted molar refractivity (Wildman–Crippen MR) is 94.6 cm³/mol. The number of benzene rings is 1. The smallest absolute Gasteiger partial charge is 0.348 e. The molecule has 1 aromatic rings. The van der Waals surface area contributed by atoms with Crippen molar-refractivity contribution in [3.05, 3.63) is 24.3 Å². The van der Waals surface area contributed by atoms with Gasteiger partial charge in [-0.25, -0.2) is 4.79 Å². The summed E-state index contributed by atoms with van der Waals surface area (Å²) in [5.41, 5.74) is 0.828. The Hall–Kier alpha value is -2.24. The van der Waals surface area contributed by atoms with Gasteiger partial charge in [-0.3, -0.25) is 4.79 Å². The van der Waals surface area contributed by atoms with Crippen LogP contribution in [-0.4, -0.2) is 44.2 Å². The van der Waals surface area contributed by atoms with Gasteiger partial charge < -0.3 is 19.7 Å². The molecule has 6 nitrogen and oxygen atoms in total. The van der Waals surface area contributed by atoms with Crippen molar-refractivity contribution in [2.45, 2.75) is 44.8 Å². The summed E-state index contributed by atoms with van der Waals surface area (Å²) in [6, 6.07) is 7.70. The summed E-state index contributed by atoms with van der Waals surface area (Å²) >= 11 is 0. The number of amides is 1. The van der Waals surface area contributed by atoms with Crippen molar-refractivity contribution in [3.63, 3.8) is 0 Å². The summed E-state index contributed by atoms with van der Waals surface area (Å²) in [5, 5.41) is 3.17. The van der Waals surface area contributed by atoms with Gasteiger partial charge in [-0.1, -0.05) is 31.9 Å². The second kappa shape index (κ2) is 7.76. The number of para-hydroxylation sites is 2. The molecule has 1 saturated carbocycles. The van der Waals surface area contributed by atoms with Crippen molar-refractivity contribution in [2.24, 2.45) is 5.92 Å². The summed E-state index contributed by atoms with van der Waals surface area (Å²) in [4.78, 5) is 26.4. The lowest BCUT2D eigenvalue weighted by atomic mass is 9.86. The molecule has 6 heteroatoms. The van der Waals surface area contributed by atoms with E-state index in [-0.39, 0.29) is 18.5 Å². The summed E-state index contributed by atoms with van der Waals surface area (Å²) in [7, 11) is 1.34. The standard InChI is InChI=1S/C19H26N2O4/c1-13-7-3-4-8-14(13)20-18(22)12-21-11-17(19(23)24-2)25-16-10-6-5-9-15(16)21/h5-6,9-10,13-14,17H,3-4,7-8,11-12H2,1-2H3,(H,20,22)/t13-,14-,17-/m1/s1. The maximum atomic E-state index is 12.6. The first-order valence-corrected chi connectivity index (χ1v) is 8.96. The third-order valence-electron chi connectivity index (χ3n) is 5.12. The van der Waals surface area contributed by atoms with E-state index in [1.54, 1.807) is 6.07 Å². The molecular weight excluding hydrogens is 320 g/mol. The average molecular weight is 346 g/mol. The number of anilines is 1. The van der Waals surface area contributed by atoms with E-state index in [1.807, 2.05) is 23.1 Å². The van der Waals surface area contributed by atoms with Crippen LogP contribution in [-0.2, 0) is 14.3 Å². The van der Waals surface area contributed by atoms with Crippen molar-refractivity contribution in [2.75, 3.05) is 25.1 Å². The highest BCUT2D eigenvalue weighted by atomic mass is 16.6. The summed E-state index contributed by atoms with van der Waals surface area (Å²) in [6.45, 7) is 2.70. The van der Waals surface area contributed by atoms with Gasteiger partial charge in [-0.05, 0) is 30.9 Å². The van der Waals surface area contributed by atoms with Crippen LogP contribution in [0.5, 0.6) is 5.75 Å². The molecule has 3 atom stereocenters. The Balaban J connectivity index is 1.69. The number of esters is 1. The lowest BCUT2D eigenvalue weighted by Gasteiger charge is -2.35. The first kappa shape index (κ1) is 17.6. The number of nitrogens with one attached hydrogen (secondary N) is 1. The molecule has 25 heavy (non-hydrogen) atoms. The third kappa shape index (κ3) is 4.06. The van der Waals surface area contributed by atoms with Gasteiger partial charge in [-0.15, -0.1) is 0 Å². The molecule has 2 aliphatic rings. The van der Waals surface area contributed by atoms with E-state index in [4.69, 9.17) is 9.47 Å². The molecule has 1 aliphatic heterocycles. The van der Waals surface area contributed by atoms with Crippen molar-refractivity contribution < 1.29 is 19.1 Å². The number of methoxy groups -OCH3 is 1. The predicted octanol–water partition coefficient (Wildman–Crippen LogP) is 2.12. The molecule has 1 aromatic carbocycles. The summed E-state index contributed by atoms with van der Waals surface area (Å²) in [5.74, 6) is 0.667. The minimum absolute atomic E-state index is 0.0148. The molecule has 0 saturated heterocycles. The molecule has 1 fully saturated rings. The summed E-state index contributed by atoms with van der Waals surface area (Å²) < 4.78 is 10.5. The van der Waals surface area contributed by atoms with Crippen LogP contribution in [0.15, 0.2) is 24.3 Å². The van der Waals surface area contributed by atoms with Crippen LogP contribution in [0.1, 0.15) is 32.6 Å². The Labute approximate surface area is 148 Å². The second-order valence-corrected chi connectivity index (χ2v) is 6.91. The second-order valence-electron chi connectivity index (χ2n) is 6.91. The fourth-order valence-electron chi connectivity index (χ4n) is 3.67. The Kier molecular flexibility index (Phi) is 5.46. The molecule has 0 radical (unpaired) electrons. The number of hydrogen-bond donors (Lipinski definition) is 1. The van der Waals surface area contributed by atoms with Crippen LogP contribution in [0.2, 0.25) is 0 Å². The van der Waals surface area contributed by atoms with E-state index < -0.39 is 12.1 Å². The lowest BCUT2D eigenvalue weighted by Crippen LogP contribution is -2.50. The van der Waals surface area contributed by atoms with Crippen molar-refractivity contribution in [1.82, 2.24) is 5.32 Å². The maximum absolute atomic E-state index is 12.6. The number of nitrogens with zero attached hydrogens (tertiary/aromatic N) is 1. The van der Waals surface area contributed by atoms with Crippen LogP contribution in [0.4, 0.5) is 5.69 Å². The van der Waals surface area contributed by atoms with E-state index in [1.165, 1.54) is 20.0 Å². The number of carbonyl (C=O) groups is 2.